The minimum Gasteiger partial charge on any atom is -0.310 e. The van der Waals surface area contributed by atoms with Crippen LogP contribution in [0.15, 0.2) is 243 Å². The Morgan fingerprint density at radius 2 is 0.883 bits per heavy atom. The molecule has 2 heteroatoms. The highest BCUT2D eigenvalue weighted by atomic mass is 15.1. The summed E-state index contributed by atoms with van der Waals surface area (Å²) in [5.41, 5.74) is 16.3. The molecule has 0 radical (unpaired) electrons. The van der Waals surface area contributed by atoms with Crippen LogP contribution in [-0.4, -0.2) is 4.57 Å². The Labute approximate surface area is 350 Å². The van der Waals surface area contributed by atoms with Gasteiger partial charge in [0.15, 0.2) is 0 Å². The molecule has 0 atom stereocenters. The molecule has 10 aromatic carbocycles. The average Bonchev–Trinajstić information content (AvgIpc) is 3.67. The van der Waals surface area contributed by atoms with Crippen molar-refractivity contribution in [3.8, 4) is 50.2 Å². The summed E-state index contributed by atoms with van der Waals surface area (Å²) < 4.78 is 2.45. The smallest absolute Gasteiger partial charge is 0.0562 e. The highest BCUT2D eigenvalue weighted by molar-refractivity contribution is 6.17. The maximum Gasteiger partial charge on any atom is 0.0562 e. The van der Waals surface area contributed by atoms with Crippen LogP contribution in [0, 0.1) is 0 Å². The highest BCUT2D eigenvalue weighted by Crippen LogP contribution is 2.46. The number of fused-ring (bicyclic) bond motifs is 4. The fraction of sp³-hybridized carbons (Fsp3) is 0. The van der Waals surface area contributed by atoms with Gasteiger partial charge in [-0.15, -0.1) is 0 Å². The van der Waals surface area contributed by atoms with Crippen molar-refractivity contribution in [3.63, 3.8) is 0 Å². The zero-order chi connectivity index (χ0) is 39.8. The third kappa shape index (κ3) is 6.23. The Balaban J connectivity index is 1.11. The molecule has 0 spiro atoms. The van der Waals surface area contributed by atoms with Gasteiger partial charge in [0.05, 0.1) is 22.4 Å². The topological polar surface area (TPSA) is 8.17 Å². The first-order valence-corrected chi connectivity index (χ1v) is 20.6. The van der Waals surface area contributed by atoms with Crippen LogP contribution in [0.3, 0.4) is 0 Å². The van der Waals surface area contributed by atoms with E-state index in [-0.39, 0.29) is 0 Å². The minimum atomic E-state index is 1.09. The van der Waals surface area contributed by atoms with Crippen molar-refractivity contribution in [1.29, 1.82) is 0 Å². The zero-order valence-corrected chi connectivity index (χ0v) is 33.0. The first-order chi connectivity index (χ1) is 29.8. The third-order valence-corrected chi connectivity index (χ3v) is 11.8. The quantitative estimate of drug-likeness (QED) is 0.150. The molecule has 0 N–H and O–H groups in total. The SMILES string of the molecule is c1ccc(-c2ccc(-c3ccccc3-n3c4ccccc4c4c(N(c5ccccc5)c5ccc(-c6ccc7ccccc7c6)c(-c6ccccc6)c5)cccc43)cc2)cc1. The van der Waals surface area contributed by atoms with Gasteiger partial charge < -0.3 is 9.47 Å². The molecule has 0 unspecified atom stereocenters. The number of hydrogen-bond acceptors (Lipinski definition) is 1. The van der Waals surface area contributed by atoms with Crippen molar-refractivity contribution >= 4 is 49.6 Å². The lowest BCUT2D eigenvalue weighted by atomic mass is 9.92. The third-order valence-electron chi connectivity index (χ3n) is 11.8. The van der Waals surface area contributed by atoms with E-state index in [4.69, 9.17) is 0 Å². The first-order valence-electron chi connectivity index (χ1n) is 20.6. The van der Waals surface area contributed by atoms with E-state index in [1.54, 1.807) is 0 Å². The molecule has 11 aromatic rings. The summed E-state index contributed by atoms with van der Waals surface area (Å²) in [7, 11) is 0. The number of benzene rings is 10. The fourth-order valence-corrected chi connectivity index (χ4v) is 8.97. The van der Waals surface area contributed by atoms with Gasteiger partial charge in [-0.3, -0.25) is 0 Å². The van der Waals surface area contributed by atoms with Crippen molar-refractivity contribution in [2.75, 3.05) is 4.90 Å². The molecule has 1 aromatic heterocycles. The van der Waals surface area contributed by atoms with Gasteiger partial charge >= 0.3 is 0 Å². The van der Waals surface area contributed by atoms with Gasteiger partial charge in [-0.2, -0.15) is 0 Å². The molecule has 0 saturated carbocycles. The molecule has 0 fully saturated rings. The molecule has 2 nitrogen and oxygen atoms in total. The molecule has 0 saturated heterocycles. The Morgan fingerprint density at radius 1 is 0.300 bits per heavy atom. The summed E-state index contributed by atoms with van der Waals surface area (Å²) in [5.74, 6) is 0. The molecule has 0 aliphatic rings. The lowest BCUT2D eigenvalue weighted by molar-refractivity contribution is 1.18. The molecule has 0 bridgehead atoms. The largest absolute Gasteiger partial charge is 0.310 e. The lowest BCUT2D eigenvalue weighted by Crippen LogP contribution is -2.10. The normalized spacial score (nSPS) is 11.3. The molecular formula is C58H40N2. The zero-order valence-electron chi connectivity index (χ0n) is 33.0. The predicted molar refractivity (Wildman–Crippen MR) is 255 cm³/mol. The van der Waals surface area contributed by atoms with E-state index < -0.39 is 0 Å². The van der Waals surface area contributed by atoms with Gasteiger partial charge in [-0.05, 0) is 104 Å². The summed E-state index contributed by atoms with van der Waals surface area (Å²) in [6.45, 7) is 0. The molecule has 0 aliphatic carbocycles. The number of para-hydroxylation sites is 3. The van der Waals surface area contributed by atoms with Crippen molar-refractivity contribution in [2.24, 2.45) is 0 Å². The predicted octanol–water partition coefficient (Wildman–Crippen LogP) is 16.1. The first kappa shape index (κ1) is 35.2. The number of aromatic nitrogens is 1. The van der Waals surface area contributed by atoms with Crippen molar-refractivity contribution in [2.45, 2.75) is 0 Å². The fourth-order valence-electron chi connectivity index (χ4n) is 8.97. The lowest BCUT2D eigenvalue weighted by Gasteiger charge is -2.28. The summed E-state index contributed by atoms with van der Waals surface area (Å²) in [4.78, 5) is 2.43. The molecule has 282 valence electrons. The van der Waals surface area contributed by atoms with Gasteiger partial charge in [-0.25, -0.2) is 0 Å². The molecule has 0 amide bonds. The van der Waals surface area contributed by atoms with Gasteiger partial charge in [0.1, 0.15) is 0 Å². The van der Waals surface area contributed by atoms with Crippen LogP contribution in [0.5, 0.6) is 0 Å². The maximum absolute atomic E-state index is 2.45. The van der Waals surface area contributed by atoms with Crippen LogP contribution >= 0.6 is 0 Å². The van der Waals surface area contributed by atoms with Crippen LogP contribution in [0.4, 0.5) is 17.1 Å². The number of hydrogen-bond donors (Lipinski definition) is 0. The van der Waals surface area contributed by atoms with Gasteiger partial charge in [0, 0.05) is 27.7 Å². The molecule has 60 heavy (non-hydrogen) atoms. The Bertz CT molecular complexity index is 3290. The van der Waals surface area contributed by atoms with Gasteiger partial charge in [0.2, 0.25) is 0 Å². The standard InChI is InChI=1S/C58H40N2/c1-4-17-41(18-5-1)43-31-34-45(35-32-43)51-25-12-14-27-54(51)60-55-28-15-13-26-52(55)58-56(29-16-30-57(58)60)59(48-23-8-3-9-24-48)49-37-38-50(53(40-49)44-20-6-2-7-21-44)47-36-33-42-19-10-11-22-46(42)39-47/h1-40H. The van der Waals surface area contributed by atoms with Crippen molar-refractivity contribution in [3.05, 3.63) is 243 Å². The minimum absolute atomic E-state index is 1.09. The number of nitrogens with zero attached hydrogens (tertiary/aromatic N) is 2. The second kappa shape index (κ2) is 15.1. The second-order valence-corrected chi connectivity index (χ2v) is 15.3. The van der Waals surface area contributed by atoms with Crippen molar-refractivity contribution in [1.82, 2.24) is 4.57 Å². The Hall–Kier alpha value is -7.94. The second-order valence-electron chi connectivity index (χ2n) is 15.3. The van der Waals surface area contributed by atoms with E-state index in [0.717, 1.165) is 33.8 Å². The molecule has 1 heterocycles. The monoisotopic (exact) mass is 764 g/mol. The van der Waals surface area contributed by atoms with Crippen LogP contribution < -0.4 is 4.90 Å². The highest BCUT2D eigenvalue weighted by Gasteiger charge is 2.23. The summed E-state index contributed by atoms with van der Waals surface area (Å²) in [5, 5.41) is 4.88. The average molecular weight is 765 g/mol. The van der Waals surface area contributed by atoms with Gasteiger partial charge in [-0.1, -0.05) is 188 Å². The summed E-state index contributed by atoms with van der Waals surface area (Å²) >= 11 is 0. The van der Waals surface area contributed by atoms with Crippen LogP contribution in [0.2, 0.25) is 0 Å². The van der Waals surface area contributed by atoms with E-state index in [2.05, 4.69) is 252 Å². The Kier molecular flexibility index (Phi) is 8.87. The van der Waals surface area contributed by atoms with E-state index >= 15 is 0 Å². The van der Waals surface area contributed by atoms with E-state index in [1.165, 1.54) is 66.1 Å². The van der Waals surface area contributed by atoms with Crippen LogP contribution in [-0.2, 0) is 0 Å². The number of rotatable bonds is 8. The van der Waals surface area contributed by atoms with Crippen LogP contribution in [0.1, 0.15) is 0 Å². The van der Waals surface area contributed by atoms with Gasteiger partial charge in [0.25, 0.3) is 0 Å². The van der Waals surface area contributed by atoms with Crippen molar-refractivity contribution < 1.29 is 0 Å². The van der Waals surface area contributed by atoms with E-state index in [0.29, 0.717) is 0 Å². The molecular weight excluding hydrogens is 725 g/mol. The van der Waals surface area contributed by atoms with E-state index in [9.17, 15) is 0 Å². The molecule has 11 rings (SSSR count). The van der Waals surface area contributed by atoms with Crippen LogP contribution in [0.25, 0.3) is 82.8 Å². The molecule has 0 aliphatic heterocycles. The van der Waals surface area contributed by atoms with E-state index in [1.807, 2.05) is 0 Å². The summed E-state index contributed by atoms with van der Waals surface area (Å²) in [6, 6.07) is 87.9. The summed E-state index contributed by atoms with van der Waals surface area (Å²) in [6.07, 6.45) is 0. The Morgan fingerprint density at radius 3 is 1.68 bits per heavy atom. The number of anilines is 3. The maximum atomic E-state index is 2.45.